The number of benzene rings is 1. The number of oxime groups is 1. The molecule has 6 nitrogen and oxygen atoms in total. The average molecular weight is 286 g/mol. The lowest BCUT2D eigenvalue weighted by Gasteiger charge is -2.12. The fraction of sp³-hybridized carbons (Fsp3) is 0.267. The summed E-state index contributed by atoms with van der Waals surface area (Å²) >= 11 is 0. The summed E-state index contributed by atoms with van der Waals surface area (Å²) in [5.74, 6) is 0.813. The van der Waals surface area contributed by atoms with Crippen LogP contribution in [0.2, 0.25) is 0 Å². The van der Waals surface area contributed by atoms with Crippen LogP contribution in [0.4, 0.5) is 0 Å². The fourth-order valence-electron chi connectivity index (χ4n) is 1.95. The van der Waals surface area contributed by atoms with Crippen molar-refractivity contribution >= 4 is 5.84 Å². The average Bonchev–Trinajstić information content (AvgIpc) is 2.51. The molecule has 1 aromatic carbocycles. The minimum Gasteiger partial charge on any atom is -0.437 e. The highest BCUT2D eigenvalue weighted by molar-refractivity contribution is 6.00. The lowest BCUT2D eigenvalue weighted by Crippen LogP contribution is -2.18. The first kappa shape index (κ1) is 14.8. The second-order valence-corrected chi connectivity index (χ2v) is 4.68. The maximum Gasteiger partial charge on any atom is 0.250 e. The third kappa shape index (κ3) is 3.10. The summed E-state index contributed by atoms with van der Waals surface area (Å²) in [6, 6.07) is 7.67. The minimum absolute atomic E-state index is 0.0489. The summed E-state index contributed by atoms with van der Waals surface area (Å²) in [5.41, 5.74) is 8.79. The third-order valence-corrected chi connectivity index (χ3v) is 3.31. The van der Waals surface area contributed by atoms with Crippen molar-refractivity contribution in [1.29, 1.82) is 0 Å². The van der Waals surface area contributed by atoms with Gasteiger partial charge in [0.1, 0.15) is 5.75 Å². The van der Waals surface area contributed by atoms with Gasteiger partial charge in [-0.15, -0.1) is 5.10 Å². The fourth-order valence-corrected chi connectivity index (χ4v) is 1.95. The van der Waals surface area contributed by atoms with Crippen molar-refractivity contribution in [3.8, 4) is 11.6 Å². The predicted octanol–water partition coefficient (Wildman–Crippen LogP) is 2.54. The van der Waals surface area contributed by atoms with E-state index in [1.807, 2.05) is 31.2 Å². The van der Waals surface area contributed by atoms with Gasteiger partial charge in [0, 0.05) is 0 Å². The van der Waals surface area contributed by atoms with Crippen LogP contribution in [0.1, 0.15) is 29.3 Å². The van der Waals surface area contributed by atoms with Gasteiger partial charge in [0.05, 0.1) is 11.3 Å². The lowest BCUT2D eigenvalue weighted by atomic mass is 10.1. The summed E-state index contributed by atoms with van der Waals surface area (Å²) < 4.78 is 5.77. The maximum absolute atomic E-state index is 8.94. The van der Waals surface area contributed by atoms with Crippen molar-refractivity contribution in [1.82, 2.24) is 10.2 Å². The Kier molecular flexibility index (Phi) is 4.37. The van der Waals surface area contributed by atoms with E-state index < -0.39 is 0 Å². The van der Waals surface area contributed by atoms with Gasteiger partial charge in [-0.1, -0.05) is 24.2 Å². The van der Waals surface area contributed by atoms with E-state index in [0.29, 0.717) is 17.0 Å². The summed E-state index contributed by atoms with van der Waals surface area (Å²) in [4.78, 5) is 0. The highest BCUT2D eigenvalue weighted by atomic mass is 16.5. The lowest BCUT2D eigenvalue weighted by molar-refractivity contribution is 0.318. The highest BCUT2D eigenvalue weighted by Gasteiger charge is 2.17. The van der Waals surface area contributed by atoms with Crippen molar-refractivity contribution in [3.05, 3.63) is 46.6 Å². The van der Waals surface area contributed by atoms with E-state index in [0.717, 1.165) is 17.5 Å². The molecule has 0 radical (unpaired) electrons. The minimum atomic E-state index is -0.0489. The number of hydrogen-bond acceptors (Lipinski definition) is 5. The third-order valence-electron chi connectivity index (χ3n) is 3.31. The first-order valence-electron chi connectivity index (χ1n) is 6.65. The number of ether oxygens (including phenoxy) is 1. The molecule has 0 aliphatic heterocycles. The van der Waals surface area contributed by atoms with E-state index in [9.17, 15) is 0 Å². The van der Waals surface area contributed by atoms with E-state index in [2.05, 4.69) is 22.3 Å². The summed E-state index contributed by atoms with van der Waals surface area (Å²) in [7, 11) is 0. The summed E-state index contributed by atoms with van der Waals surface area (Å²) in [6.07, 6.45) is 0.906. The number of rotatable bonds is 4. The molecule has 2 rings (SSSR count). The van der Waals surface area contributed by atoms with Crippen LogP contribution in [-0.4, -0.2) is 21.2 Å². The van der Waals surface area contributed by atoms with Gasteiger partial charge in [0.2, 0.25) is 5.88 Å². The molecule has 110 valence electrons. The zero-order valence-electron chi connectivity index (χ0n) is 12.3. The zero-order chi connectivity index (χ0) is 15.4. The normalized spacial score (nSPS) is 11.5. The van der Waals surface area contributed by atoms with E-state index in [1.165, 1.54) is 0 Å². The SMILES string of the molecule is CCc1cccc(Oc2nnc(C)c(C)c2/C(N)=N/O)c1. The molecule has 0 bridgehead atoms. The molecule has 0 fully saturated rings. The van der Waals surface area contributed by atoms with Crippen LogP contribution in [0.15, 0.2) is 29.4 Å². The van der Waals surface area contributed by atoms with Gasteiger partial charge in [-0.3, -0.25) is 0 Å². The predicted molar refractivity (Wildman–Crippen MR) is 79.9 cm³/mol. The molecule has 0 saturated carbocycles. The second-order valence-electron chi connectivity index (χ2n) is 4.68. The van der Waals surface area contributed by atoms with Crippen molar-refractivity contribution in [2.75, 3.05) is 0 Å². The number of nitrogens with zero attached hydrogens (tertiary/aromatic N) is 3. The Morgan fingerprint density at radius 2 is 2.10 bits per heavy atom. The van der Waals surface area contributed by atoms with Gasteiger partial charge < -0.3 is 15.7 Å². The van der Waals surface area contributed by atoms with E-state index in [-0.39, 0.29) is 11.7 Å². The molecular formula is C15H18N4O2. The molecule has 0 spiro atoms. The topological polar surface area (TPSA) is 93.6 Å². The Labute approximate surface area is 123 Å². The van der Waals surface area contributed by atoms with Crippen molar-refractivity contribution in [2.24, 2.45) is 10.9 Å². The molecule has 3 N–H and O–H groups in total. The van der Waals surface area contributed by atoms with Crippen LogP contribution in [0, 0.1) is 13.8 Å². The molecule has 0 atom stereocenters. The number of amidine groups is 1. The summed E-state index contributed by atoms with van der Waals surface area (Å²) in [6.45, 7) is 5.70. The van der Waals surface area contributed by atoms with Gasteiger partial charge in [-0.2, -0.15) is 5.10 Å². The number of aryl methyl sites for hydroxylation is 2. The van der Waals surface area contributed by atoms with Gasteiger partial charge >= 0.3 is 0 Å². The van der Waals surface area contributed by atoms with Crippen molar-refractivity contribution in [2.45, 2.75) is 27.2 Å². The molecule has 0 amide bonds. The monoisotopic (exact) mass is 286 g/mol. The second kappa shape index (κ2) is 6.21. The standard InChI is InChI=1S/C15H18N4O2/c1-4-11-6-5-7-12(8-11)21-15-13(14(16)19-20)9(2)10(3)17-18-15/h5-8,20H,4H2,1-3H3,(H2,16,19). The van der Waals surface area contributed by atoms with E-state index in [4.69, 9.17) is 15.7 Å². The molecule has 0 aliphatic rings. The first-order valence-corrected chi connectivity index (χ1v) is 6.65. The quantitative estimate of drug-likeness (QED) is 0.390. The van der Waals surface area contributed by atoms with Crippen LogP contribution < -0.4 is 10.5 Å². The molecule has 6 heteroatoms. The molecule has 0 aliphatic carbocycles. The number of aromatic nitrogens is 2. The van der Waals surface area contributed by atoms with Crippen LogP contribution in [0.5, 0.6) is 11.6 Å². The maximum atomic E-state index is 8.94. The van der Waals surface area contributed by atoms with Gasteiger partial charge in [-0.05, 0) is 43.5 Å². The van der Waals surface area contributed by atoms with Crippen LogP contribution in [0.3, 0.4) is 0 Å². The molecular weight excluding hydrogens is 268 g/mol. The van der Waals surface area contributed by atoms with Gasteiger partial charge in [0.15, 0.2) is 5.84 Å². The smallest absolute Gasteiger partial charge is 0.250 e. The molecule has 0 unspecified atom stereocenters. The molecule has 2 aromatic rings. The Morgan fingerprint density at radius 1 is 1.33 bits per heavy atom. The molecule has 1 heterocycles. The van der Waals surface area contributed by atoms with Crippen LogP contribution >= 0.6 is 0 Å². The van der Waals surface area contributed by atoms with E-state index in [1.54, 1.807) is 6.92 Å². The Balaban J connectivity index is 2.46. The number of hydrogen-bond donors (Lipinski definition) is 2. The first-order chi connectivity index (χ1) is 10.1. The Bertz CT molecular complexity index is 683. The molecule has 1 aromatic heterocycles. The van der Waals surface area contributed by atoms with Crippen LogP contribution in [-0.2, 0) is 6.42 Å². The van der Waals surface area contributed by atoms with Gasteiger partial charge in [-0.25, -0.2) is 0 Å². The molecule has 21 heavy (non-hydrogen) atoms. The highest BCUT2D eigenvalue weighted by Crippen LogP contribution is 2.26. The zero-order valence-corrected chi connectivity index (χ0v) is 12.3. The van der Waals surface area contributed by atoms with Crippen molar-refractivity contribution < 1.29 is 9.94 Å². The van der Waals surface area contributed by atoms with Crippen molar-refractivity contribution in [3.63, 3.8) is 0 Å². The number of nitrogens with two attached hydrogens (primary N) is 1. The largest absolute Gasteiger partial charge is 0.437 e. The van der Waals surface area contributed by atoms with E-state index >= 15 is 0 Å². The Morgan fingerprint density at radius 3 is 2.76 bits per heavy atom. The molecule has 0 saturated heterocycles. The Hall–Kier alpha value is -2.63. The van der Waals surface area contributed by atoms with Gasteiger partial charge in [0.25, 0.3) is 0 Å². The summed E-state index contributed by atoms with van der Waals surface area (Å²) in [5, 5.41) is 20.0. The van der Waals surface area contributed by atoms with Crippen LogP contribution in [0.25, 0.3) is 0 Å².